The summed E-state index contributed by atoms with van der Waals surface area (Å²) in [5.41, 5.74) is 1.00. The smallest absolute Gasteiger partial charge is 0.240 e. The molecule has 8 heteroatoms. The molecule has 0 bridgehead atoms. The molecule has 2 aliphatic rings. The average Bonchev–Trinajstić information content (AvgIpc) is 2.96. The third-order valence-electron chi connectivity index (χ3n) is 5.26. The average molecular weight is 384 g/mol. The molecule has 0 spiro atoms. The van der Waals surface area contributed by atoms with Crippen LogP contribution in [0.4, 0.5) is 0 Å². The molecule has 2 heterocycles. The van der Waals surface area contributed by atoms with Crippen molar-refractivity contribution in [3.63, 3.8) is 0 Å². The Morgan fingerprint density at radius 1 is 1.23 bits per heavy atom. The molecule has 3 N–H and O–H groups in total. The second kappa shape index (κ2) is 8.33. The topological polar surface area (TPSA) is 90.9 Å². The van der Waals surface area contributed by atoms with Gasteiger partial charge < -0.3 is 20.1 Å². The number of piperidine rings is 1. The van der Waals surface area contributed by atoms with E-state index in [1.165, 1.54) is 0 Å². The molecule has 26 heavy (non-hydrogen) atoms. The summed E-state index contributed by atoms with van der Waals surface area (Å²) in [5.74, 6) is 0. The molecule has 7 nitrogen and oxygen atoms in total. The number of rotatable bonds is 6. The highest BCUT2D eigenvalue weighted by Crippen LogP contribution is 2.18. The molecule has 1 aromatic carbocycles. The minimum atomic E-state index is -3.61. The predicted octanol–water partition coefficient (Wildman–Crippen LogP) is 0.0854. The number of sulfonamides is 1. The normalized spacial score (nSPS) is 28.5. The Labute approximate surface area is 155 Å². The Balaban J connectivity index is 1.50. The first-order chi connectivity index (χ1) is 12.3. The van der Waals surface area contributed by atoms with Gasteiger partial charge in [0, 0.05) is 12.6 Å². The number of hydrogen-bond donors (Lipinski definition) is 3. The Hall–Kier alpha value is -1.03. The lowest BCUT2D eigenvalue weighted by atomic mass is 10.0. The maximum Gasteiger partial charge on any atom is 0.240 e. The zero-order valence-corrected chi connectivity index (χ0v) is 16.2. The summed E-state index contributed by atoms with van der Waals surface area (Å²) in [4.78, 5) is 2.51. The molecular formula is C18H29N3O4S. The van der Waals surface area contributed by atoms with Crippen molar-refractivity contribution < 1.29 is 18.3 Å². The van der Waals surface area contributed by atoms with Crippen molar-refractivity contribution in [3.8, 4) is 0 Å². The van der Waals surface area contributed by atoms with Gasteiger partial charge in [0.15, 0.2) is 0 Å². The summed E-state index contributed by atoms with van der Waals surface area (Å²) in [6, 6.07) is 6.89. The van der Waals surface area contributed by atoms with Crippen LogP contribution in [0.25, 0.3) is 0 Å². The van der Waals surface area contributed by atoms with Crippen LogP contribution in [0.1, 0.15) is 18.4 Å². The SMILES string of the molecule is Cc1ccc(S(=O)(=O)NC[C@H]2OC[C@@H](NC3CCN(C)CC3)[C@@H]2O)cc1. The van der Waals surface area contributed by atoms with E-state index in [4.69, 9.17) is 4.74 Å². The summed E-state index contributed by atoms with van der Waals surface area (Å²) in [7, 11) is -1.49. The standard InChI is InChI=1S/C18H29N3O4S/c1-13-3-5-15(6-4-13)26(23,24)19-11-17-18(22)16(12-25-17)20-14-7-9-21(2)10-8-14/h3-6,14,16-20,22H,7-12H2,1-2H3/t16-,17-,18+/m1/s1. The van der Waals surface area contributed by atoms with Crippen LogP contribution in [-0.2, 0) is 14.8 Å². The lowest BCUT2D eigenvalue weighted by Crippen LogP contribution is -2.51. The van der Waals surface area contributed by atoms with Crippen LogP contribution in [0, 0.1) is 6.92 Å². The van der Waals surface area contributed by atoms with Crippen LogP contribution >= 0.6 is 0 Å². The molecule has 0 unspecified atom stereocenters. The van der Waals surface area contributed by atoms with E-state index in [-0.39, 0.29) is 17.5 Å². The highest BCUT2D eigenvalue weighted by molar-refractivity contribution is 7.89. The van der Waals surface area contributed by atoms with Crippen molar-refractivity contribution in [2.75, 3.05) is 33.3 Å². The number of aliphatic hydroxyl groups excluding tert-OH is 1. The number of likely N-dealkylation sites (tertiary alicyclic amines) is 1. The molecule has 3 atom stereocenters. The van der Waals surface area contributed by atoms with Crippen molar-refractivity contribution in [2.45, 2.75) is 49.0 Å². The number of nitrogens with zero attached hydrogens (tertiary/aromatic N) is 1. The van der Waals surface area contributed by atoms with Gasteiger partial charge in [-0.2, -0.15) is 0 Å². The van der Waals surface area contributed by atoms with Crippen molar-refractivity contribution >= 4 is 10.0 Å². The molecule has 1 aromatic rings. The summed E-state index contributed by atoms with van der Waals surface area (Å²) >= 11 is 0. The highest BCUT2D eigenvalue weighted by Gasteiger charge is 2.37. The van der Waals surface area contributed by atoms with Crippen molar-refractivity contribution in [1.82, 2.24) is 14.9 Å². The first kappa shape index (κ1) is 19.7. The Kier molecular flexibility index (Phi) is 6.32. The molecule has 0 amide bonds. The molecule has 146 valence electrons. The van der Waals surface area contributed by atoms with Gasteiger partial charge in [0.1, 0.15) is 0 Å². The predicted molar refractivity (Wildman–Crippen MR) is 99.6 cm³/mol. The lowest BCUT2D eigenvalue weighted by molar-refractivity contribution is 0.0437. The van der Waals surface area contributed by atoms with Gasteiger partial charge in [-0.25, -0.2) is 13.1 Å². The molecule has 3 rings (SSSR count). The van der Waals surface area contributed by atoms with Gasteiger partial charge in [-0.3, -0.25) is 0 Å². The second-order valence-corrected chi connectivity index (χ2v) is 9.14. The van der Waals surface area contributed by atoms with Gasteiger partial charge in [0.05, 0.1) is 29.8 Å². The van der Waals surface area contributed by atoms with Crippen LogP contribution in [-0.4, -0.2) is 76.0 Å². The molecule has 2 aliphatic heterocycles. The highest BCUT2D eigenvalue weighted by atomic mass is 32.2. The van der Waals surface area contributed by atoms with Gasteiger partial charge in [0.25, 0.3) is 0 Å². The fraction of sp³-hybridized carbons (Fsp3) is 0.667. The number of nitrogens with one attached hydrogen (secondary N) is 2. The zero-order chi connectivity index (χ0) is 18.7. The van der Waals surface area contributed by atoms with E-state index in [1.54, 1.807) is 24.3 Å². The summed E-state index contributed by atoms with van der Waals surface area (Å²) in [5, 5.41) is 14.0. The van der Waals surface area contributed by atoms with Gasteiger partial charge in [0.2, 0.25) is 10.0 Å². The van der Waals surface area contributed by atoms with E-state index in [9.17, 15) is 13.5 Å². The van der Waals surface area contributed by atoms with Crippen molar-refractivity contribution in [2.24, 2.45) is 0 Å². The van der Waals surface area contributed by atoms with Crippen molar-refractivity contribution in [3.05, 3.63) is 29.8 Å². The molecule has 2 saturated heterocycles. The van der Waals surface area contributed by atoms with E-state index in [1.807, 2.05) is 6.92 Å². The number of ether oxygens (including phenoxy) is 1. The molecule has 0 aliphatic carbocycles. The van der Waals surface area contributed by atoms with Crippen LogP contribution < -0.4 is 10.0 Å². The minimum absolute atomic E-state index is 0.0585. The van der Waals surface area contributed by atoms with E-state index in [0.717, 1.165) is 31.5 Å². The summed E-state index contributed by atoms with van der Waals surface area (Å²) < 4.78 is 32.9. The first-order valence-corrected chi connectivity index (χ1v) is 10.6. The Morgan fingerprint density at radius 3 is 2.54 bits per heavy atom. The van der Waals surface area contributed by atoms with Gasteiger partial charge in [-0.05, 0) is 52.0 Å². The third-order valence-corrected chi connectivity index (χ3v) is 6.70. The number of aryl methyl sites for hydroxylation is 1. The van der Waals surface area contributed by atoms with E-state index in [2.05, 4.69) is 22.0 Å². The van der Waals surface area contributed by atoms with Crippen LogP contribution in [0.3, 0.4) is 0 Å². The largest absolute Gasteiger partial charge is 0.389 e. The summed E-state index contributed by atoms with van der Waals surface area (Å²) in [6.07, 6.45) is 0.823. The van der Waals surface area contributed by atoms with Gasteiger partial charge in [-0.1, -0.05) is 17.7 Å². The van der Waals surface area contributed by atoms with E-state index in [0.29, 0.717) is 12.6 Å². The third kappa shape index (κ3) is 4.82. The maximum absolute atomic E-state index is 12.4. The Morgan fingerprint density at radius 2 is 1.88 bits per heavy atom. The zero-order valence-electron chi connectivity index (χ0n) is 15.4. The quantitative estimate of drug-likeness (QED) is 0.645. The summed E-state index contributed by atoms with van der Waals surface area (Å²) in [6.45, 7) is 4.44. The molecular weight excluding hydrogens is 354 g/mol. The van der Waals surface area contributed by atoms with Crippen molar-refractivity contribution in [1.29, 1.82) is 0 Å². The monoisotopic (exact) mass is 383 g/mol. The second-order valence-electron chi connectivity index (χ2n) is 7.38. The fourth-order valence-corrected chi connectivity index (χ4v) is 4.53. The molecule has 0 radical (unpaired) electrons. The number of hydrogen-bond acceptors (Lipinski definition) is 6. The first-order valence-electron chi connectivity index (χ1n) is 9.16. The maximum atomic E-state index is 12.4. The van der Waals surface area contributed by atoms with Crippen LogP contribution in [0.15, 0.2) is 29.2 Å². The van der Waals surface area contributed by atoms with Crippen LogP contribution in [0.5, 0.6) is 0 Å². The van der Waals surface area contributed by atoms with Gasteiger partial charge >= 0.3 is 0 Å². The molecule has 0 aromatic heterocycles. The fourth-order valence-electron chi connectivity index (χ4n) is 3.48. The number of benzene rings is 1. The van der Waals surface area contributed by atoms with E-state index >= 15 is 0 Å². The number of aliphatic hydroxyl groups is 1. The van der Waals surface area contributed by atoms with Crippen LogP contribution in [0.2, 0.25) is 0 Å². The Bertz CT molecular complexity index is 687. The van der Waals surface area contributed by atoms with Gasteiger partial charge in [-0.15, -0.1) is 0 Å². The molecule has 2 fully saturated rings. The van der Waals surface area contributed by atoms with E-state index < -0.39 is 22.2 Å². The lowest BCUT2D eigenvalue weighted by Gasteiger charge is -2.32. The molecule has 0 saturated carbocycles. The minimum Gasteiger partial charge on any atom is -0.389 e.